The van der Waals surface area contributed by atoms with Gasteiger partial charge < -0.3 is 19.3 Å². The van der Waals surface area contributed by atoms with Crippen LogP contribution in [0.5, 0.6) is 5.75 Å². The minimum absolute atomic E-state index is 0.0707. The number of halogens is 1. The SMILES string of the molecule is Cc1nc(Cl)c2cc3c(cc2n1)OCC1CN(C(=O)OC(C)(C)C)CCN31. The molecule has 3 heterocycles. The Balaban J connectivity index is 1.60. The third-order valence-corrected chi connectivity index (χ3v) is 5.00. The summed E-state index contributed by atoms with van der Waals surface area (Å²) in [7, 11) is 0. The smallest absolute Gasteiger partial charge is 0.410 e. The van der Waals surface area contributed by atoms with Crippen molar-refractivity contribution in [3.63, 3.8) is 0 Å². The number of nitrogens with zero attached hydrogens (tertiary/aromatic N) is 4. The second-order valence-electron chi connectivity index (χ2n) is 7.98. The van der Waals surface area contributed by atoms with Crippen molar-refractivity contribution in [1.29, 1.82) is 0 Å². The van der Waals surface area contributed by atoms with E-state index < -0.39 is 5.60 Å². The van der Waals surface area contributed by atoms with Gasteiger partial charge >= 0.3 is 6.09 Å². The van der Waals surface area contributed by atoms with Gasteiger partial charge in [0.05, 0.1) is 17.2 Å². The van der Waals surface area contributed by atoms with Gasteiger partial charge in [0.1, 0.15) is 28.9 Å². The zero-order chi connectivity index (χ0) is 19.3. The number of rotatable bonds is 0. The van der Waals surface area contributed by atoms with E-state index in [0.717, 1.165) is 22.3 Å². The van der Waals surface area contributed by atoms with E-state index in [1.165, 1.54) is 0 Å². The number of fused-ring (bicyclic) bond motifs is 4. The van der Waals surface area contributed by atoms with Crippen LogP contribution >= 0.6 is 11.6 Å². The van der Waals surface area contributed by atoms with E-state index >= 15 is 0 Å². The standard InChI is InChI=1S/C19H23ClN4O3/c1-11-21-14-8-16-15(7-13(14)17(20)22-11)24-6-5-23(9-12(24)10-26-16)18(25)27-19(2,3)4/h7-8,12H,5-6,9-10H2,1-4H3. The predicted octanol–water partition coefficient (Wildman–Crippen LogP) is 3.41. The molecule has 2 aliphatic rings. The Kier molecular flexibility index (Phi) is 4.29. The van der Waals surface area contributed by atoms with Crippen molar-refractivity contribution < 1.29 is 14.3 Å². The summed E-state index contributed by atoms with van der Waals surface area (Å²) < 4.78 is 11.5. The van der Waals surface area contributed by atoms with Crippen LogP contribution < -0.4 is 9.64 Å². The fourth-order valence-corrected chi connectivity index (χ4v) is 3.82. The fourth-order valence-electron chi connectivity index (χ4n) is 3.55. The third kappa shape index (κ3) is 3.48. The van der Waals surface area contributed by atoms with E-state index in [9.17, 15) is 4.79 Å². The number of aryl methyl sites for hydroxylation is 1. The van der Waals surface area contributed by atoms with E-state index in [4.69, 9.17) is 21.1 Å². The fraction of sp³-hybridized carbons (Fsp3) is 0.526. The molecule has 0 radical (unpaired) electrons. The third-order valence-electron chi connectivity index (χ3n) is 4.72. The van der Waals surface area contributed by atoms with Crippen LogP contribution in [0.25, 0.3) is 10.9 Å². The van der Waals surface area contributed by atoms with E-state index in [-0.39, 0.29) is 12.1 Å². The maximum atomic E-state index is 12.4. The number of hydrogen-bond donors (Lipinski definition) is 0. The summed E-state index contributed by atoms with van der Waals surface area (Å²) in [4.78, 5) is 25.1. The molecule has 2 aliphatic heterocycles. The number of anilines is 1. The predicted molar refractivity (Wildman–Crippen MR) is 104 cm³/mol. The Bertz CT molecular complexity index is 912. The second kappa shape index (κ2) is 6.41. The van der Waals surface area contributed by atoms with Gasteiger partial charge in [-0.25, -0.2) is 14.8 Å². The summed E-state index contributed by atoms with van der Waals surface area (Å²) in [6.07, 6.45) is -0.279. The molecule has 0 spiro atoms. The van der Waals surface area contributed by atoms with Crippen LogP contribution in [0.1, 0.15) is 26.6 Å². The molecule has 4 rings (SSSR count). The van der Waals surface area contributed by atoms with Crippen LogP contribution in [-0.2, 0) is 4.74 Å². The van der Waals surface area contributed by atoms with E-state index in [0.29, 0.717) is 37.2 Å². The number of hydrogen-bond acceptors (Lipinski definition) is 6. The first kappa shape index (κ1) is 18.1. The van der Waals surface area contributed by atoms with Crippen molar-refractivity contribution in [3.05, 3.63) is 23.1 Å². The summed E-state index contributed by atoms with van der Waals surface area (Å²) in [5.41, 5.74) is 1.24. The molecular weight excluding hydrogens is 368 g/mol. The van der Waals surface area contributed by atoms with Crippen LogP contribution in [0.3, 0.4) is 0 Å². The van der Waals surface area contributed by atoms with E-state index in [1.54, 1.807) is 4.90 Å². The van der Waals surface area contributed by atoms with E-state index in [2.05, 4.69) is 14.9 Å². The van der Waals surface area contributed by atoms with Gasteiger partial charge in [-0.2, -0.15) is 0 Å². The van der Waals surface area contributed by atoms with Gasteiger partial charge in [0.15, 0.2) is 0 Å². The van der Waals surface area contributed by atoms with Crippen molar-refractivity contribution in [2.45, 2.75) is 39.3 Å². The highest BCUT2D eigenvalue weighted by Gasteiger charge is 2.36. The van der Waals surface area contributed by atoms with Crippen molar-refractivity contribution in [3.8, 4) is 5.75 Å². The zero-order valence-electron chi connectivity index (χ0n) is 16.0. The minimum Gasteiger partial charge on any atom is -0.489 e. The Morgan fingerprint density at radius 2 is 2.07 bits per heavy atom. The number of carbonyl (C=O) groups is 1. The van der Waals surface area contributed by atoms with E-state index in [1.807, 2.05) is 39.8 Å². The van der Waals surface area contributed by atoms with Crippen LogP contribution in [0.4, 0.5) is 10.5 Å². The molecule has 144 valence electrons. The molecule has 27 heavy (non-hydrogen) atoms. The molecule has 8 heteroatoms. The van der Waals surface area contributed by atoms with Crippen LogP contribution in [0, 0.1) is 6.92 Å². The number of carbonyl (C=O) groups excluding carboxylic acids is 1. The van der Waals surface area contributed by atoms with Gasteiger partial charge in [-0.3, -0.25) is 0 Å². The van der Waals surface area contributed by atoms with Crippen molar-refractivity contribution in [1.82, 2.24) is 14.9 Å². The molecule has 1 saturated heterocycles. The molecule has 7 nitrogen and oxygen atoms in total. The first-order chi connectivity index (χ1) is 12.7. The average Bonchev–Trinajstić information content (AvgIpc) is 2.58. The second-order valence-corrected chi connectivity index (χ2v) is 8.34. The number of aromatic nitrogens is 2. The van der Waals surface area contributed by atoms with Gasteiger partial charge in [0.2, 0.25) is 0 Å². The Hall–Kier alpha value is -2.28. The number of benzene rings is 1. The average molecular weight is 391 g/mol. The van der Waals surface area contributed by atoms with Crippen molar-refractivity contribution in [2.24, 2.45) is 0 Å². The molecule has 1 amide bonds. The molecular formula is C19H23ClN4O3. The van der Waals surface area contributed by atoms with Crippen LogP contribution in [0.2, 0.25) is 5.15 Å². The lowest BCUT2D eigenvalue weighted by molar-refractivity contribution is 0.0195. The molecule has 1 unspecified atom stereocenters. The lowest BCUT2D eigenvalue weighted by Crippen LogP contribution is -2.59. The normalized spacial score (nSPS) is 19.4. The van der Waals surface area contributed by atoms with Crippen LogP contribution in [-0.4, -0.2) is 58.8 Å². The zero-order valence-corrected chi connectivity index (χ0v) is 16.7. The molecule has 0 bridgehead atoms. The summed E-state index contributed by atoms with van der Waals surface area (Å²) in [5, 5.41) is 1.25. The highest BCUT2D eigenvalue weighted by molar-refractivity contribution is 6.34. The van der Waals surface area contributed by atoms with Gasteiger partial charge in [0, 0.05) is 31.1 Å². The highest BCUT2D eigenvalue weighted by Crippen LogP contribution is 2.39. The molecule has 1 aromatic heterocycles. The van der Waals surface area contributed by atoms with Crippen molar-refractivity contribution in [2.75, 3.05) is 31.1 Å². The van der Waals surface area contributed by atoms with Gasteiger partial charge in [-0.05, 0) is 33.8 Å². The first-order valence-corrected chi connectivity index (χ1v) is 9.44. The largest absolute Gasteiger partial charge is 0.489 e. The molecule has 1 atom stereocenters. The highest BCUT2D eigenvalue weighted by atomic mass is 35.5. The maximum Gasteiger partial charge on any atom is 0.410 e. The number of piperazine rings is 1. The van der Waals surface area contributed by atoms with Gasteiger partial charge in [0.25, 0.3) is 0 Å². The summed E-state index contributed by atoms with van der Waals surface area (Å²) >= 11 is 6.33. The lowest BCUT2D eigenvalue weighted by atomic mass is 10.1. The molecule has 1 fully saturated rings. The topological polar surface area (TPSA) is 67.8 Å². The van der Waals surface area contributed by atoms with Gasteiger partial charge in [-0.1, -0.05) is 11.6 Å². The summed E-state index contributed by atoms with van der Waals surface area (Å²) in [5.74, 6) is 1.42. The Morgan fingerprint density at radius 1 is 1.30 bits per heavy atom. The first-order valence-electron chi connectivity index (χ1n) is 9.06. The lowest BCUT2D eigenvalue weighted by Gasteiger charge is -2.45. The molecule has 1 aromatic carbocycles. The maximum absolute atomic E-state index is 12.4. The Labute approximate surface area is 163 Å². The molecule has 0 N–H and O–H groups in total. The summed E-state index contributed by atoms with van der Waals surface area (Å²) in [6, 6.07) is 3.98. The molecule has 0 saturated carbocycles. The Morgan fingerprint density at radius 3 is 2.81 bits per heavy atom. The monoisotopic (exact) mass is 390 g/mol. The van der Waals surface area contributed by atoms with Crippen molar-refractivity contribution >= 4 is 34.3 Å². The van der Waals surface area contributed by atoms with Gasteiger partial charge in [-0.15, -0.1) is 0 Å². The number of amides is 1. The quantitative estimate of drug-likeness (QED) is 0.642. The summed E-state index contributed by atoms with van der Waals surface area (Å²) in [6.45, 7) is 9.81. The molecule has 2 aromatic rings. The molecule has 0 aliphatic carbocycles. The minimum atomic E-state index is -0.502. The number of ether oxygens (including phenoxy) is 2. The van der Waals surface area contributed by atoms with Crippen LogP contribution in [0.15, 0.2) is 12.1 Å².